The van der Waals surface area contributed by atoms with Crippen molar-refractivity contribution < 1.29 is 9.90 Å². The summed E-state index contributed by atoms with van der Waals surface area (Å²) in [7, 11) is 0. The predicted octanol–water partition coefficient (Wildman–Crippen LogP) is 1.76. The summed E-state index contributed by atoms with van der Waals surface area (Å²) in [5.41, 5.74) is 7.34. The SMILES string of the molecule is NN/C(C(=O)O)=C(\N)Sc1ccc(Cl)c(Cl)c1. The number of benzene rings is 1. The highest BCUT2D eigenvalue weighted by Crippen LogP contribution is 2.30. The van der Waals surface area contributed by atoms with E-state index in [-0.39, 0.29) is 10.7 Å². The van der Waals surface area contributed by atoms with E-state index in [1.165, 1.54) is 0 Å². The third-order valence-electron chi connectivity index (χ3n) is 1.72. The number of carboxylic acids is 1. The Morgan fingerprint density at radius 1 is 1.35 bits per heavy atom. The third kappa shape index (κ3) is 3.71. The van der Waals surface area contributed by atoms with Gasteiger partial charge in [0.2, 0.25) is 0 Å². The molecule has 0 aliphatic rings. The highest BCUT2D eigenvalue weighted by atomic mass is 35.5. The lowest BCUT2D eigenvalue weighted by Crippen LogP contribution is -2.29. The first-order chi connectivity index (χ1) is 7.95. The van der Waals surface area contributed by atoms with Gasteiger partial charge < -0.3 is 16.3 Å². The summed E-state index contributed by atoms with van der Waals surface area (Å²) >= 11 is 12.6. The monoisotopic (exact) mass is 293 g/mol. The molecular formula is C9H9Cl2N3O2S. The molecule has 1 rings (SSSR count). The maximum atomic E-state index is 10.7. The summed E-state index contributed by atoms with van der Waals surface area (Å²) in [4.78, 5) is 11.4. The lowest BCUT2D eigenvalue weighted by Gasteiger charge is -2.07. The first-order valence-electron chi connectivity index (χ1n) is 4.28. The minimum atomic E-state index is -1.24. The molecule has 0 aliphatic heterocycles. The van der Waals surface area contributed by atoms with Crippen molar-refractivity contribution in [1.29, 1.82) is 0 Å². The Labute approximate surface area is 112 Å². The average Bonchev–Trinajstić information content (AvgIpc) is 2.24. The van der Waals surface area contributed by atoms with E-state index in [1.54, 1.807) is 18.2 Å². The van der Waals surface area contributed by atoms with E-state index in [1.807, 2.05) is 5.43 Å². The third-order valence-corrected chi connectivity index (χ3v) is 3.38. The molecule has 0 fully saturated rings. The number of rotatable bonds is 4. The fraction of sp³-hybridized carbons (Fsp3) is 0. The van der Waals surface area contributed by atoms with E-state index in [2.05, 4.69) is 0 Å². The average molecular weight is 294 g/mol. The van der Waals surface area contributed by atoms with E-state index in [9.17, 15) is 4.79 Å². The summed E-state index contributed by atoms with van der Waals surface area (Å²) < 4.78 is 0. The Morgan fingerprint density at radius 3 is 2.47 bits per heavy atom. The van der Waals surface area contributed by atoms with E-state index in [4.69, 9.17) is 39.9 Å². The molecule has 1 aromatic rings. The van der Waals surface area contributed by atoms with E-state index >= 15 is 0 Å². The van der Waals surface area contributed by atoms with Gasteiger partial charge in [-0.3, -0.25) is 5.84 Å². The van der Waals surface area contributed by atoms with Gasteiger partial charge in [0.1, 0.15) is 5.03 Å². The van der Waals surface area contributed by atoms with Gasteiger partial charge in [-0.25, -0.2) is 4.79 Å². The minimum absolute atomic E-state index is 0.0263. The number of hydrogen-bond acceptors (Lipinski definition) is 5. The van der Waals surface area contributed by atoms with Crippen LogP contribution in [0.4, 0.5) is 0 Å². The van der Waals surface area contributed by atoms with Crippen LogP contribution < -0.4 is 17.0 Å². The van der Waals surface area contributed by atoms with Crippen LogP contribution in [-0.4, -0.2) is 11.1 Å². The predicted molar refractivity (Wildman–Crippen MR) is 68.5 cm³/mol. The quantitative estimate of drug-likeness (QED) is 0.292. The van der Waals surface area contributed by atoms with Crippen molar-refractivity contribution in [3.8, 4) is 0 Å². The molecule has 17 heavy (non-hydrogen) atoms. The lowest BCUT2D eigenvalue weighted by atomic mass is 10.4. The van der Waals surface area contributed by atoms with Crippen molar-refractivity contribution in [2.45, 2.75) is 4.90 Å². The number of carbonyl (C=O) groups is 1. The molecule has 8 heteroatoms. The van der Waals surface area contributed by atoms with Crippen molar-refractivity contribution in [3.05, 3.63) is 39.0 Å². The van der Waals surface area contributed by atoms with Crippen LogP contribution in [0.1, 0.15) is 0 Å². The maximum absolute atomic E-state index is 10.7. The van der Waals surface area contributed by atoms with Crippen LogP contribution in [0.15, 0.2) is 33.8 Å². The van der Waals surface area contributed by atoms with E-state index in [0.717, 1.165) is 11.8 Å². The van der Waals surface area contributed by atoms with Crippen molar-refractivity contribution in [2.75, 3.05) is 0 Å². The first kappa shape index (κ1) is 14.0. The number of halogens is 2. The molecule has 0 aromatic heterocycles. The summed E-state index contributed by atoms with van der Waals surface area (Å²) in [5.74, 6) is 3.81. The number of hydrazine groups is 1. The maximum Gasteiger partial charge on any atom is 0.356 e. The van der Waals surface area contributed by atoms with E-state index in [0.29, 0.717) is 14.9 Å². The molecular weight excluding hydrogens is 285 g/mol. The van der Waals surface area contributed by atoms with Crippen LogP contribution in [0.2, 0.25) is 10.0 Å². The number of nitrogens with two attached hydrogens (primary N) is 2. The number of hydrogen-bond donors (Lipinski definition) is 4. The molecule has 0 saturated carbocycles. The zero-order valence-electron chi connectivity index (χ0n) is 8.41. The summed E-state index contributed by atoms with van der Waals surface area (Å²) in [6.45, 7) is 0. The molecule has 0 bridgehead atoms. The Balaban J connectivity index is 2.97. The fourth-order valence-corrected chi connectivity index (χ4v) is 2.13. The van der Waals surface area contributed by atoms with Crippen LogP contribution in [0, 0.1) is 0 Å². The number of nitrogens with one attached hydrogen (secondary N) is 1. The molecule has 6 N–H and O–H groups in total. The molecule has 0 saturated heterocycles. The second-order valence-electron chi connectivity index (χ2n) is 2.87. The normalized spacial score (nSPS) is 11.9. The second kappa shape index (κ2) is 6.02. The topological polar surface area (TPSA) is 101 Å². The van der Waals surface area contributed by atoms with Crippen LogP contribution in [0.5, 0.6) is 0 Å². The Morgan fingerprint density at radius 2 is 2.00 bits per heavy atom. The molecule has 0 aliphatic carbocycles. The Bertz CT molecular complexity index is 479. The van der Waals surface area contributed by atoms with Crippen molar-refractivity contribution >= 4 is 40.9 Å². The number of thioether (sulfide) groups is 1. The molecule has 5 nitrogen and oxygen atoms in total. The molecule has 0 heterocycles. The van der Waals surface area contributed by atoms with E-state index < -0.39 is 5.97 Å². The highest BCUT2D eigenvalue weighted by molar-refractivity contribution is 8.03. The number of carboxylic acid groups (broad SMARTS) is 1. The van der Waals surface area contributed by atoms with Gasteiger partial charge in [0.05, 0.1) is 10.0 Å². The number of aliphatic carboxylic acids is 1. The van der Waals surface area contributed by atoms with Crippen molar-refractivity contribution in [3.63, 3.8) is 0 Å². The van der Waals surface area contributed by atoms with Crippen molar-refractivity contribution in [1.82, 2.24) is 5.43 Å². The first-order valence-corrected chi connectivity index (χ1v) is 5.85. The van der Waals surface area contributed by atoms with Crippen LogP contribution in [-0.2, 0) is 4.79 Å². The summed E-state index contributed by atoms with van der Waals surface area (Å²) in [6.07, 6.45) is 0. The van der Waals surface area contributed by atoms with Gasteiger partial charge in [-0.1, -0.05) is 35.0 Å². The Kier molecular flexibility index (Phi) is 4.95. The van der Waals surface area contributed by atoms with Gasteiger partial charge in [0.15, 0.2) is 5.70 Å². The van der Waals surface area contributed by atoms with Gasteiger partial charge in [-0.2, -0.15) is 0 Å². The highest BCUT2D eigenvalue weighted by Gasteiger charge is 2.12. The molecule has 1 aromatic carbocycles. The van der Waals surface area contributed by atoms with Crippen LogP contribution in [0.3, 0.4) is 0 Å². The molecule has 92 valence electrons. The summed E-state index contributed by atoms with van der Waals surface area (Å²) in [6, 6.07) is 4.84. The molecule has 0 radical (unpaired) electrons. The van der Waals surface area contributed by atoms with Gasteiger partial charge in [-0.05, 0) is 18.2 Å². The van der Waals surface area contributed by atoms with Gasteiger partial charge in [-0.15, -0.1) is 0 Å². The molecule has 0 amide bonds. The van der Waals surface area contributed by atoms with Gasteiger partial charge in [0.25, 0.3) is 0 Å². The molecule has 0 spiro atoms. The van der Waals surface area contributed by atoms with Gasteiger partial charge in [0, 0.05) is 4.90 Å². The van der Waals surface area contributed by atoms with Crippen LogP contribution in [0.25, 0.3) is 0 Å². The largest absolute Gasteiger partial charge is 0.476 e. The molecule has 0 unspecified atom stereocenters. The zero-order chi connectivity index (χ0) is 13.0. The molecule has 0 atom stereocenters. The standard InChI is InChI=1S/C9H9Cl2N3O2S/c10-5-2-1-4(3-6(5)11)17-8(12)7(14-13)9(15)16/h1-3,14H,12-13H2,(H,15,16)/b8-7+. The van der Waals surface area contributed by atoms with Crippen molar-refractivity contribution in [2.24, 2.45) is 11.6 Å². The summed E-state index contributed by atoms with van der Waals surface area (Å²) in [5, 5.41) is 9.58. The minimum Gasteiger partial charge on any atom is -0.476 e. The van der Waals surface area contributed by atoms with Crippen LogP contribution >= 0.6 is 35.0 Å². The lowest BCUT2D eigenvalue weighted by molar-refractivity contribution is -0.133. The Hall–Kier alpha value is -1.08. The zero-order valence-corrected chi connectivity index (χ0v) is 10.7. The second-order valence-corrected chi connectivity index (χ2v) is 4.80. The fourth-order valence-electron chi connectivity index (χ4n) is 0.957. The smallest absolute Gasteiger partial charge is 0.356 e. The van der Waals surface area contributed by atoms with Gasteiger partial charge >= 0.3 is 5.97 Å².